The fourth-order valence-electron chi connectivity index (χ4n) is 12.6. The maximum atomic E-state index is 13.4. The second kappa shape index (κ2) is 34.4. The molecule has 2 aromatic heterocycles. The predicted octanol–water partition coefficient (Wildman–Crippen LogP) is 11.7. The number of aromatic nitrogens is 3. The van der Waals surface area contributed by atoms with Gasteiger partial charge in [-0.15, -0.1) is 0 Å². The van der Waals surface area contributed by atoms with E-state index in [-0.39, 0.29) is 64.2 Å². The van der Waals surface area contributed by atoms with E-state index < -0.39 is 34.5 Å². The first-order valence-electron chi connectivity index (χ1n) is 32.5. The number of carbonyl (C=O) groups excluding carboxylic acids is 8. The summed E-state index contributed by atoms with van der Waals surface area (Å²) >= 11 is 0. The Labute approximate surface area is 561 Å². The molecule has 6 aromatic rings. The molecule has 4 aromatic carbocycles. The minimum atomic E-state index is -0.679. The Kier molecular flexibility index (Phi) is 27.1. The number of rotatable bonds is 20. The lowest BCUT2D eigenvalue weighted by Gasteiger charge is -2.56. The van der Waals surface area contributed by atoms with Gasteiger partial charge in [0.1, 0.15) is 5.78 Å². The van der Waals surface area contributed by atoms with Crippen LogP contribution in [-0.2, 0) is 14.4 Å². The minimum absolute atomic E-state index is 0.0125. The number of benzene rings is 4. The summed E-state index contributed by atoms with van der Waals surface area (Å²) in [6.45, 7) is 20.9. The lowest BCUT2D eigenvalue weighted by molar-refractivity contribution is -0.144. The highest BCUT2D eigenvalue weighted by atomic mass is 16.5. The maximum absolute atomic E-state index is 13.4. The van der Waals surface area contributed by atoms with Crippen molar-refractivity contribution in [2.45, 2.75) is 158 Å². The summed E-state index contributed by atoms with van der Waals surface area (Å²) in [5, 5.41) is 43.6. The van der Waals surface area contributed by atoms with Gasteiger partial charge in [-0.05, 0) is 146 Å². The van der Waals surface area contributed by atoms with Crippen LogP contribution in [0.5, 0.6) is 5.88 Å². The normalized spacial score (nSPS) is 17.9. The van der Waals surface area contributed by atoms with E-state index in [4.69, 9.17) is 25.6 Å². The molecule has 4 aliphatic rings. The summed E-state index contributed by atoms with van der Waals surface area (Å²) in [5.74, 6) is 0.758. The zero-order valence-electron chi connectivity index (χ0n) is 56.9. The Morgan fingerprint density at radius 1 is 0.510 bits per heavy atom. The molecule has 23 nitrogen and oxygen atoms in total. The van der Waals surface area contributed by atoms with E-state index in [1.807, 2.05) is 131 Å². The van der Waals surface area contributed by atoms with Gasteiger partial charge in [0, 0.05) is 63.5 Å². The number of amides is 7. The van der Waals surface area contributed by atoms with Gasteiger partial charge in [-0.1, -0.05) is 143 Å². The topological polar surface area (TPSA) is 350 Å². The van der Waals surface area contributed by atoms with Crippen molar-refractivity contribution >= 4 is 47.1 Å². The molecule has 0 spiro atoms. The fraction of sp³-hybridized carbons (Fsp3) is 0.438. The summed E-state index contributed by atoms with van der Waals surface area (Å²) in [6.07, 6.45) is 13.0. The molecule has 7 amide bonds. The summed E-state index contributed by atoms with van der Waals surface area (Å²) in [4.78, 5) is 108. The molecule has 4 aliphatic carbocycles. The van der Waals surface area contributed by atoms with Gasteiger partial charge in [0.05, 0.1) is 36.4 Å². The van der Waals surface area contributed by atoms with E-state index >= 15 is 0 Å². The van der Waals surface area contributed by atoms with Crippen LogP contribution in [-0.4, -0.2) is 90.0 Å². The van der Waals surface area contributed by atoms with Crippen molar-refractivity contribution in [3.63, 3.8) is 0 Å². The average Bonchev–Trinajstić information content (AvgIpc) is 0.742. The van der Waals surface area contributed by atoms with Gasteiger partial charge in [0.15, 0.2) is 5.82 Å². The number of ketones is 1. The molecule has 514 valence electrons. The predicted molar refractivity (Wildman–Crippen MR) is 360 cm³/mol. The van der Waals surface area contributed by atoms with Crippen LogP contribution in [0, 0.1) is 39.9 Å². The smallest absolute Gasteiger partial charge is 0.277 e. The maximum Gasteiger partial charge on any atom is 0.277 e. The first-order chi connectivity index (χ1) is 45.5. The standard InChI is InChI=1S/C23H22N2O3.C21H28N2O4.C15H22N2O3.C14H22N4O3/c1-2-21(18-10-14-20(15-11-18)23(27)25-28)24-22(26)19-12-8-17(9-13-19)16-6-4-3-5-7-16;1-12(17-7-16(19(25)23-26)11-22-20(17)27-2)3-18(24)21-8-13-4-14(9-21)6-15(5-13)10-21;1-5-12(16-14(19)15(2,3)4)10-6-8-11(9-7-10)13(18)17-20;1-8(2)10(17-13(20)14(3,4)5)11-15-6-9(7-16-11)12(19)18-21/h3-15,21,28H,2H2,1H3,(H,24,26)(H,25,27);7,11-15,26H,3-6,8-10H2,1-2H3,(H,23,25);6-9,12,20H,5H2,1-4H3,(H,16,19)(H,17,18);6-8,10,21H,1-5H3,(H,17,20)(H,18,19)/t21-;12-,13?,14?,15?,21?;12-;10-/m0100/s1. The van der Waals surface area contributed by atoms with Crippen LogP contribution in [0.4, 0.5) is 0 Å². The Morgan fingerprint density at radius 3 is 1.33 bits per heavy atom. The zero-order valence-corrected chi connectivity index (χ0v) is 56.9. The van der Waals surface area contributed by atoms with Crippen LogP contribution < -0.4 is 42.6 Å². The van der Waals surface area contributed by atoms with Crippen molar-refractivity contribution in [3.8, 4) is 17.0 Å². The Balaban J connectivity index is 0.000000205. The van der Waals surface area contributed by atoms with Gasteiger partial charge >= 0.3 is 0 Å². The molecule has 4 atom stereocenters. The van der Waals surface area contributed by atoms with E-state index in [2.05, 4.69) is 30.9 Å². The molecular formula is C73H94N10O13. The first-order valence-corrected chi connectivity index (χ1v) is 32.5. The lowest BCUT2D eigenvalue weighted by Crippen LogP contribution is -2.50. The van der Waals surface area contributed by atoms with Crippen molar-refractivity contribution in [2.24, 2.45) is 39.9 Å². The molecule has 10 rings (SSSR count). The largest absolute Gasteiger partial charge is 0.481 e. The second-order valence-corrected chi connectivity index (χ2v) is 27.4. The number of carbonyl (C=O) groups is 8. The molecule has 96 heavy (non-hydrogen) atoms. The van der Waals surface area contributed by atoms with Gasteiger partial charge in [0.25, 0.3) is 29.5 Å². The van der Waals surface area contributed by atoms with Crippen LogP contribution in [0.1, 0.15) is 232 Å². The Hall–Kier alpha value is -9.29. The third kappa shape index (κ3) is 20.4. The number of hydrogen-bond donors (Lipinski definition) is 11. The number of hydrogen-bond acceptors (Lipinski definition) is 16. The van der Waals surface area contributed by atoms with Gasteiger partial charge in [-0.25, -0.2) is 36.9 Å². The fourth-order valence-corrected chi connectivity index (χ4v) is 12.6. The third-order valence-electron chi connectivity index (χ3n) is 17.8. The Morgan fingerprint density at radius 2 is 0.906 bits per heavy atom. The van der Waals surface area contributed by atoms with Crippen LogP contribution in [0.15, 0.2) is 128 Å². The van der Waals surface area contributed by atoms with E-state index in [1.165, 1.54) is 50.4 Å². The molecule has 0 aliphatic heterocycles. The molecule has 0 saturated heterocycles. The number of methoxy groups -OCH3 is 1. The number of nitrogens with one attached hydrogen (secondary N) is 7. The molecule has 4 bridgehead atoms. The highest BCUT2D eigenvalue weighted by Crippen LogP contribution is 2.61. The van der Waals surface area contributed by atoms with Crippen molar-refractivity contribution in [2.75, 3.05) is 7.11 Å². The molecule has 23 heteroatoms. The second-order valence-electron chi connectivity index (χ2n) is 27.4. The van der Waals surface area contributed by atoms with Gasteiger partial charge < -0.3 is 20.7 Å². The monoisotopic (exact) mass is 1320 g/mol. The SMILES string of the molecule is CC(C)[C@H](NC(=O)C(C)(C)C)c1ncc(C(=O)NO)cn1.CC[C@H](NC(=O)C(C)(C)C)c1ccc(C(=O)NO)cc1.CC[C@H](NC(=O)c1ccc(-c2ccccc2)cc1)c1ccc(C(=O)NO)cc1.COc1ncc(C(=O)NO)cc1[C@H](C)CC(=O)C12CC3CC(CC(C3)C1)C2. The number of nitrogens with zero attached hydrogens (tertiary/aromatic N) is 3. The van der Waals surface area contributed by atoms with Crippen molar-refractivity contribution < 1.29 is 63.9 Å². The van der Waals surface area contributed by atoms with Crippen molar-refractivity contribution in [1.82, 2.24) is 52.8 Å². The lowest BCUT2D eigenvalue weighted by atomic mass is 9.48. The Bertz CT molecular complexity index is 3580. The molecule has 4 saturated carbocycles. The minimum Gasteiger partial charge on any atom is -0.481 e. The van der Waals surface area contributed by atoms with Crippen molar-refractivity contribution in [3.05, 3.63) is 178 Å². The highest BCUT2D eigenvalue weighted by Gasteiger charge is 2.54. The quantitative estimate of drug-likeness (QED) is 0.0250. The number of hydroxylamine groups is 4. The molecule has 11 N–H and O–H groups in total. The summed E-state index contributed by atoms with van der Waals surface area (Å²) < 4.78 is 5.35. The highest BCUT2D eigenvalue weighted by molar-refractivity contribution is 5.96. The van der Waals surface area contributed by atoms with Gasteiger partial charge in [0.2, 0.25) is 17.7 Å². The summed E-state index contributed by atoms with van der Waals surface area (Å²) in [6, 6.07) is 32.1. The van der Waals surface area contributed by atoms with Gasteiger partial charge in [-0.3, -0.25) is 59.2 Å². The number of pyridine rings is 1. The average molecular weight is 1320 g/mol. The third-order valence-corrected chi connectivity index (χ3v) is 17.8. The molecule has 0 unspecified atom stereocenters. The van der Waals surface area contributed by atoms with E-state index in [9.17, 15) is 38.4 Å². The van der Waals surface area contributed by atoms with Crippen LogP contribution in [0.3, 0.4) is 0 Å². The molecular weight excluding hydrogens is 1220 g/mol. The van der Waals surface area contributed by atoms with Crippen LogP contribution >= 0.6 is 0 Å². The zero-order chi connectivity index (χ0) is 70.7. The van der Waals surface area contributed by atoms with E-state index in [1.54, 1.807) is 71.0 Å². The van der Waals surface area contributed by atoms with E-state index in [0.29, 0.717) is 47.0 Å². The number of ether oxygens (including phenoxy) is 1. The van der Waals surface area contributed by atoms with Gasteiger partial charge in [-0.2, -0.15) is 0 Å². The molecule has 4 fully saturated rings. The van der Waals surface area contributed by atoms with Crippen molar-refractivity contribution in [1.29, 1.82) is 0 Å². The van der Waals surface area contributed by atoms with E-state index in [0.717, 1.165) is 71.3 Å². The molecule has 2 heterocycles. The number of Topliss-reactive ketones (excluding diaryl/α,β-unsaturated/α-hetero) is 1. The van der Waals surface area contributed by atoms with Crippen LogP contribution in [0.2, 0.25) is 0 Å². The first kappa shape index (κ1) is 75.7. The van der Waals surface area contributed by atoms with Crippen LogP contribution in [0.25, 0.3) is 11.1 Å². The molecule has 0 radical (unpaired) electrons. The summed E-state index contributed by atoms with van der Waals surface area (Å²) in [5.41, 5.74) is 11.7. The summed E-state index contributed by atoms with van der Waals surface area (Å²) in [7, 11) is 1.53.